The molecule has 0 saturated carbocycles. The largest absolute Gasteiger partial charge is 0.394 e. The van der Waals surface area contributed by atoms with Gasteiger partial charge in [-0.3, -0.25) is 4.57 Å². The minimum atomic E-state index is -1.35. The second kappa shape index (κ2) is 7.32. The molecule has 0 spiro atoms. The summed E-state index contributed by atoms with van der Waals surface area (Å²) in [5.74, 6) is 0.129. The molecule has 2 heterocycles. The van der Waals surface area contributed by atoms with Crippen molar-refractivity contribution in [3.05, 3.63) is 58.1 Å². The standard InChI is InChI=1S/C17H21N3O5/c18-15-11(7-6-10-4-2-1-3-5-10)8-20(17(24)19-15)16-14(23)13(22)12(9-21)25-16/h1-5,8,12-14,16,21-23H,6-7,9H2,(H2,18,19,24)/t12-,13?,14?,16-/m1/s1. The van der Waals surface area contributed by atoms with E-state index in [1.54, 1.807) is 0 Å². The van der Waals surface area contributed by atoms with Gasteiger partial charge in [-0.1, -0.05) is 30.3 Å². The number of aliphatic hydroxyl groups is 3. The van der Waals surface area contributed by atoms with E-state index in [4.69, 9.17) is 10.5 Å². The molecule has 5 N–H and O–H groups in total. The molecule has 1 saturated heterocycles. The minimum absolute atomic E-state index is 0.129. The number of hydrogen-bond donors (Lipinski definition) is 4. The van der Waals surface area contributed by atoms with Crippen LogP contribution in [-0.2, 0) is 17.6 Å². The summed E-state index contributed by atoms with van der Waals surface area (Å²) >= 11 is 0. The summed E-state index contributed by atoms with van der Waals surface area (Å²) in [5, 5.41) is 29.1. The van der Waals surface area contributed by atoms with Crippen molar-refractivity contribution in [2.45, 2.75) is 37.4 Å². The lowest BCUT2D eigenvalue weighted by molar-refractivity contribution is -0.0550. The Labute approximate surface area is 144 Å². The van der Waals surface area contributed by atoms with Gasteiger partial charge < -0.3 is 25.8 Å². The van der Waals surface area contributed by atoms with Gasteiger partial charge in [0.05, 0.1) is 6.61 Å². The van der Waals surface area contributed by atoms with Crippen LogP contribution in [0.15, 0.2) is 41.3 Å². The summed E-state index contributed by atoms with van der Waals surface area (Å²) in [6.45, 7) is -0.466. The Balaban J connectivity index is 1.85. The molecular formula is C17H21N3O5. The van der Waals surface area contributed by atoms with E-state index in [0.717, 1.165) is 10.1 Å². The average Bonchev–Trinajstić information content (AvgIpc) is 2.90. The molecule has 0 amide bonds. The van der Waals surface area contributed by atoms with Crippen LogP contribution in [0.3, 0.4) is 0 Å². The fourth-order valence-electron chi connectivity index (χ4n) is 2.93. The zero-order valence-electron chi connectivity index (χ0n) is 13.5. The first kappa shape index (κ1) is 17.6. The first-order valence-electron chi connectivity index (χ1n) is 8.05. The molecule has 1 aromatic heterocycles. The van der Waals surface area contributed by atoms with E-state index in [9.17, 15) is 20.1 Å². The molecule has 0 bridgehead atoms. The third-order valence-electron chi connectivity index (χ3n) is 4.38. The Morgan fingerprint density at radius 2 is 1.88 bits per heavy atom. The Kier molecular flexibility index (Phi) is 5.14. The molecule has 2 aromatic rings. The molecule has 0 aliphatic carbocycles. The number of hydrogen-bond acceptors (Lipinski definition) is 7. The van der Waals surface area contributed by atoms with Crippen LogP contribution in [-0.4, -0.2) is 49.8 Å². The van der Waals surface area contributed by atoms with Crippen molar-refractivity contribution in [2.75, 3.05) is 12.3 Å². The number of ether oxygens (including phenoxy) is 1. The predicted molar refractivity (Wildman–Crippen MR) is 89.8 cm³/mol. The Morgan fingerprint density at radius 3 is 2.52 bits per heavy atom. The van der Waals surface area contributed by atoms with Crippen LogP contribution in [0.5, 0.6) is 0 Å². The average molecular weight is 347 g/mol. The zero-order chi connectivity index (χ0) is 18.0. The quantitative estimate of drug-likeness (QED) is 0.558. The van der Waals surface area contributed by atoms with Gasteiger partial charge in [-0.25, -0.2) is 4.79 Å². The highest BCUT2D eigenvalue weighted by molar-refractivity contribution is 5.37. The summed E-state index contributed by atoms with van der Waals surface area (Å²) in [6.07, 6.45) is -1.96. The zero-order valence-corrected chi connectivity index (χ0v) is 13.5. The highest BCUT2D eigenvalue weighted by Gasteiger charge is 2.43. The van der Waals surface area contributed by atoms with E-state index in [0.29, 0.717) is 18.4 Å². The number of aromatic nitrogens is 2. The smallest absolute Gasteiger partial charge is 0.351 e. The summed E-state index contributed by atoms with van der Waals surface area (Å²) < 4.78 is 6.50. The summed E-state index contributed by atoms with van der Waals surface area (Å²) in [7, 11) is 0. The maximum atomic E-state index is 12.1. The van der Waals surface area contributed by atoms with Crippen LogP contribution in [0.4, 0.5) is 5.82 Å². The van der Waals surface area contributed by atoms with Crippen molar-refractivity contribution in [3.63, 3.8) is 0 Å². The molecule has 134 valence electrons. The highest BCUT2D eigenvalue weighted by Crippen LogP contribution is 2.28. The van der Waals surface area contributed by atoms with Gasteiger partial charge in [-0.05, 0) is 18.4 Å². The minimum Gasteiger partial charge on any atom is -0.394 e. The third kappa shape index (κ3) is 3.57. The number of benzene rings is 1. The number of rotatable bonds is 5. The molecular weight excluding hydrogens is 326 g/mol. The van der Waals surface area contributed by atoms with E-state index < -0.39 is 36.8 Å². The first-order chi connectivity index (χ1) is 12.0. The lowest BCUT2D eigenvalue weighted by Crippen LogP contribution is -2.36. The Hall–Kier alpha value is -2.26. The number of aliphatic hydroxyl groups excluding tert-OH is 3. The van der Waals surface area contributed by atoms with E-state index in [-0.39, 0.29) is 5.82 Å². The van der Waals surface area contributed by atoms with Gasteiger partial charge in [0.15, 0.2) is 6.23 Å². The van der Waals surface area contributed by atoms with Crippen molar-refractivity contribution in [1.29, 1.82) is 0 Å². The van der Waals surface area contributed by atoms with Crippen molar-refractivity contribution in [3.8, 4) is 0 Å². The summed E-state index contributed by atoms with van der Waals surface area (Å²) in [6, 6.07) is 9.80. The van der Waals surface area contributed by atoms with E-state index in [1.165, 1.54) is 6.20 Å². The maximum absolute atomic E-state index is 12.1. The molecule has 4 atom stereocenters. The lowest BCUT2D eigenvalue weighted by Gasteiger charge is -2.18. The van der Waals surface area contributed by atoms with Crippen LogP contribution >= 0.6 is 0 Å². The van der Waals surface area contributed by atoms with Gasteiger partial charge in [0.2, 0.25) is 0 Å². The first-order valence-corrected chi connectivity index (χ1v) is 8.05. The Morgan fingerprint density at radius 1 is 1.16 bits per heavy atom. The molecule has 1 fully saturated rings. The predicted octanol–water partition coefficient (Wildman–Crippen LogP) is -0.778. The van der Waals surface area contributed by atoms with Crippen LogP contribution in [0, 0.1) is 0 Å². The number of nitrogen functional groups attached to an aromatic ring is 1. The number of anilines is 1. The van der Waals surface area contributed by atoms with Gasteiger partial charge in [0.25, 0.3) is 0 Å². The molecule has 25 heavy (non-hydrogen) atoms. The fourth-order valence-corrected chi connectivity index (χ4v) is 2.93. The normalized spacial score (nSPS) is 26.0. The van der Waals surface area contributed by atoms with Gasteiger partial charge in [-0.2, -0.15) is 4.98 Å². The maximum Gasteiger partial charge on any atom is 0.351 e. The van der Waals surface area contributed by atoms with Crippen molar-refractivity contribution in [1.82, 2.24) is 9.55 Å². The van der Waals surface area contributed by atoms with Crippen LogP contribution < -0.4 is 11.4 Å². The van der Waals surface area contributed by atoms with Gasteiger partial charge in [0.1, 0.15) is 24.1 Å². The monoisotopic (exact) mass is 347 g/mol. The number of nitrogens with zero attached hydrogens (tertiary/aromatic N) is 2. The summed E-state index contributed by atoms with van der Waals surface area (Å²) in [5.41, 5.74) is 6.93. The SMILES string of the molecule is Nc1nc(=O)n([C@@H]2O[C@H](CO)C(O)C2O)cc1CCc1ccccc1. The van der Waals surface area contributed by atoms with Gasteiger partial charge >= 0.3 is 5.69 Å². The van der Waals surface area contributed by atoms with Crippen LogP contribution in [0.2, 0.25) is 0 Å². The topological polar surface area (TPSA) is 131 Å². The molecule has 2 unspecified atom stereocenters. The van der Waals surface area contributed by atoms with Crippen LogP contribution in [0.1, 0.15) is 17.4 Å². The number of nitrogens with two attached hydrogens (primary N) is 1. The van der Waals surface area contributed by atoms with Crippen molar-refractivity contribution in [2.24, 2.45) is 0 Å². The summed E-state index contributed by atoms with van der Waals surface area (Å²) in [4.78, 5) is 15.9. The van der Waals surface area contributed by atoms with Gasteiger partial charge in [0, 0.05) is 11.8 Å². The van der Waals surface area contributed by atoms with Crippen molar-refractivity contribution >= 4 is 5.82 Å². The third-order valence-corrected chi connectivity index (χ3v) is 4.38. The lowest BCUT2D eigenvalue weighted by atomic mass is 10.1. The molecule has 8 heteroatoms. The van der Waals surface area contributed by atoms with Gasteiger partial charge in [-0.15, -0.1) is 0 Å². The molecule has 3 rings (SSSR count). The fraction of sp³-hybridized carbons (Fsp3) is 0.412. The van der Waals surface area contributed by atoms with E-state index in [1.807, 2.05) is 30.3 Å². The van der Waals surface area contributed by atoms with Crippen molar-refractivity contribution < 1.29 is 20.1 Å². The Bertz CT molecular complexity index is 780. The molecule has 8 nitrogen and oxygen atoms in total. The molecule has 1 aliphatic heterocycles. The molecule has 0 radical (unpaired) electrons. The number of aryl methyl sites for hydroxylation is 2. The van der Waals surface area contributed by atoms with Crippen LogP contribution in [0.25, 0.3) is 0 Å². The highest BCUT2D eigenvalue weighted by atomic mass is 16.6. The van der Waals surface area contributed by atoms with E-state index >= 15 is 0 Å². The van der Waals surface area contributed by atoms with E-state index in [2.05, 4.69) is 4.98 Å². The molecule has 1 aliphatic rings. The second-order valence-corrected chi connectivity index (χ2v) is 6.06. The molecule has 1 aromatic carbocycles. The second-order valence-electron chi connectivity index (χ2n) is 6.06.